The molecule has 1 amide bonds. The summed E-state index contributed by atoms with van der Waals surface area (Å²) in [5.41, 5.74) is 0.654. The third-order valence-electron chi connectivity index (χ3n) is 4.49. The molecule has 3 rings (SSSR count). The van der Waals surface area contributed by atoms with Crippen LogP contribution in [0, 0.1) is 17.8 Å². The highest BCUT2D eigenvalue weighted by atomic mass is 32.1. The molecule has 0 aromatic carbocycles. The summed E-state index contributed by atoms with van der Waals surface area (Å²) in [5.74, 6) is 1.28. The van der Waals surface area contributed by atoms with Gasteiger partial charge in [0.15, 0.2) is 5.13 Å². The quantitative estimate of drug-likeness (QED) is 0.849. The molecule has 0 unspecified atom stereocenters. The summed E-state index contributed by atoms with van der Waals surface area (Å²) < 4.78 is 4.89. The Bertz CT molecular complexity index is 543. The van der Waals surface area contributed by atoms with Crippen molar-refractivity contribution in [3.05, 3.63) is 11.1 Å². The predicted molar refractivity (Wildman–Crippen MR) is 80.0 cm³/mol. The molecule has 2 saturated carbocycles. The number of rotatable bonds is 5. The van der Waals surface area contributed by atoms with E-state index in [1.807, 2.05) is 0 Å². The van der Waals surface area contributed by atoms with Gasteiger partial charge in [-0.25, -0.2) is 4.98 Å². The van der Waals surface area contributed by atoms with Crippen LogP contribution in [0.2, 0.25) is 0 Å². The fraction of sp³-hybridized carbons (Fsp3) is 0.667. The Morgan fingerprint density at radius 2 is 2.29 bits per heavy atom. The maximum absolute atomic E-state index is 12.3. The fourth-order valence-electron chi connectivity index (χ4n) is 3.57. The van der Waals surface area contributed by atoms with Crippen molar-refractivity contribution in [1.82, 2.24) is 4.98 Å². The van der Waals surface area contributed by atoms with Crippen molar-refractivity contribution >= 4 is 28.3 Å². The standard InChI is InChI=1S/C15H20N2O3S/c1-2-20-13(18)7-11-8-21-15(16-11)17-14(19)12-6-9-3-4-10(12)5-9/h8-10,12H,2-7H2,1H3,(H,16,17,19)/t9-,10+,12+/m0/s1. The van der Waals surface area contributed by atoms with E-state index >= 15 is 0 Å². The number of anilines is 1. The summed E-state index contributed by atoms with van der Waals surface area (Å²) in [6.45, 7) is 2.15. The molecule has 0 radical (unpaired) electrons. The first-order valence-electron chi connectivity index (χ1n) is 7.56. The zero-order valence-electron chi connectivity index (χ0n) is 12.1. The second-order valence-electron chi connectivity index (χ2n) is 5.90. The Labute approximate surface area is 128 Å². The van der Waals surface area contributed by atoms with Gasteiger partial charge in [-0.3, -0.25) is 9.59 Å². The minimum Gasteiger partial charge on any atom is -0.466 e. The smallest absolute Gasteiger partial charge is 0.311 e. The van der Waals surface area contributed by atoms with Gasteiger partial charge in [0.05, 0.1) is 18.7 Å². The van der Waals surface area contributed by atoms with E-state index in [1.165, 1.54) is 30.6 Å². The van der Waals surface area contributed by atoms with Gasteiger partial charge in [-0.05, 0) is 38.0 Å². The van der Waals surface area contributed by atoms with E-state index in [9.17, 15) is 9.59 Å². The number of hydrogen-bond acceptors (Lipinski definition) is 5. The third kappa shape index (κ3) is 3.26. The first-order valence-corrected chi connectivity index (χ1v) is 8.44. The normalized spacial score (nSPS) is 26.8. The van der Waals surface area contributed by atoms with Gasteiger partial charge in [-0.15, -0.1) is 11.3 Å². The van der Waals surface area contributed by atoms with Crippen molar-refractivity contribution in [3.8, 4) is 0 Å². The number of esters is 1. The molecule has 114 valence electrons. The highest BCUT2D eigenvalue weighted by molar-refractivity contribution is 7.13. The molecule has 0 spiro atoms. The molecule has 1 N–H and O–H groups in total. The SMILES string of the molecule is CCOC(=O)Cc1csc(NC(=O)[C@@H]2C[C@H]3CC[C@@H]2C3)n1. The number of ether oxygens (including phenoxy) is 1. The van der Waals surface area contributed by atoms with Crippen LogP contribution in [0.15, 0.2) is 5.38 Å². The minimum atomic E-state index is -0.284. The van der Waals surface area contributed by atoms with Crippen LogP contribution >= 0.6 is 11.3 Å². The topological polar surface area (TPSA) is 68.3 Å². The molecule has 1 aromatic heterocycles. The van der Waals surface area contributed by atoms with Crippen molar-refractivity contribution in [3.63, 3.8) is 0 Å². The molecule has 5 nitrogen and oxygen atoms in total. The van der Waals surface area contributed by atoms with Gasteiger partial charge in [-0.1, -0.05) is 6.42 Å². The second kappa shape index (κ2) is 6.13. The zero-order chi connectivity index (χ0) is 14.8. The molecular formula is C15H20N2O3S. The van der Waals surface area contributed by atoms with E-state index in [-0.39, 0.29) is 24.2 Å². The molecule has 1 heterocycles. The number of carbonyl (C=O) groups excluding carboxylic acids is 2. The zero-order valence-corrected chi connectivity index (χ0v) is 12.9. The molecule has 0 aliphatic heterocycles. The summed E-state index contributed by atoms with van der Waals surface area (Å²) in [6, 6.07) is 0. The van der Waals surface area contributed by atoms with Gasteiger partial charge in [0, 0.05) is 11.3 Å². The van der Waals surface area contributed by atoms with Gasteiger partial charge >= 0.3 is 5.97 Å². The number of nitrogens with zero attached hydrogens (tertiary/aromatic N) is 1. The molecular weight excluding hydrogens is 288 g/mol. The lowest BCUT2D eigenvalue weighted by atomic mass is 9.88. The van der Waals surface area contributed by atoms with Gasteiger partial charge in [-0.2, -0.15) is 0 Å². The number of thiazole rings is 1. The summed E-state index contributed by atoms with van der Waals surface area (Å²) in [7, 11) is 0. The predicted octanol–water partition coefficient (Wildman–Crippen LogP) is 2.62. The second-order valence-corrected chi connectivity index (χ2v) is 6.75. The number of nitrogens with one attached hydrogen (secondary N) is 1. The van der Waals surface area contributed by atoms with E-state index < -0.39 is 0 Å². The number of aromatic nitrogens is 1. The van der Waals surface area contributed by atoms with E-state index in [1.54, 1.807) is 12.3 Å². The van der Waals surface area contributed by atoms with E-state index in [4.69, 9.17) is 4.74 Å². The van der Waals surface area contributed by atoms with Crippen LogP contribution < -0.4 is 5.32 Å². The lowest BCUT2D eigenvalue weighted by Crippen LogP contribution is -2.27. The van der Waals surface area contributed by atoms with E-state index in [0.717, 1.165) is 12.3 Å². The number of fused-ring (bicyclic) bond motifs is 2. The van der Waals surface area contributed by atoms with Crippen LogP contribution in [0.1, 0.15) is 38.3 Å². The van der Waals surface area contributed by atoms with Crippen molar-refractivity contribution in [2.75, 3.05) is 11.9 Å². The number of hydrogen-bond donors (Lipinski definition) is 1. The summed E-state index contributed by atoms with van der Waals surface area (Å²) in [5, 5.41) is 5.29. The summed E-state index contributed by atoms with van der Waals surface area (Å²) >= 11 is 1.37. The first-order chi connectivity index (χ1) is 10.2. The number of carbonyl (C=O) groups is 2. The Kier molecular flexibility index (Phi) is 4.24. The molecule has 6 heteroatoms. The van der Waals surface area contributed by atoms with Gasteiger partial charge in [0.1, 0.15) is 0 Å². The van der Waals surface area contributed by atoms with Gasteiger partial charge in [0.2, 0.25) is 5.91 Å². The van der Waals surface area contributed by atoms with Crippen LogP contribution in [0.3, 0.4) is 0 Å². The maximum atomic E-state index is 12.3. The van der Waals surface area contributed by atoms with Gasteiger partial charge in [0.25, 0.3) is 0 Å². The highest BCUT2D eigenvalue weighted by Gasteiger charge is 2.43. The number of amides is 1. The molecule has 2 fully saturated rings. The Hall–Kier alpha value is -1.43. The summed E-state index contributed by atoms with van der Waals surface area (Å²) in [6.07, 6.45) is 4.88. The third-order valence-corrected chi connectivity index (χ3v) is 5.29. The molecule has 3 atom stereocenters. The lowest BCUT2D eigenvalue weighted by molar-refractivity contribution is -0.142. The summed E-state index contributed by atoms with van der Waals surface area (Å²) in [4.78, 5) is 28.0. The maximum Gasteiger partial charge on any atom is 0.311 e. The Morgan fingerprint density at radius 3 is 2.95 bits per heavy atom. The highest BCUT2D eigenvalue weighted by Crippen LogP contribution is 2.48. The van der Waals surface area contributed by atoms with Crippen LogP contribution in [-0.4, -0.2) is 23.5 Å². The van der Waals surface area contributed by atoms with Crippen molar-refractivity contribution < 1.29 is 14.3 Å². The Morgan fingerprint density at radius 1 is 1.43 bits per heavy atom. The van der Waals surface area contributed by atoms with Crippen LogP contribution in [-0.2, 0) is 20.7 Å². The molecule has 2 bridgehead atoms. The van der Waals surface area contributed by atoms with Crippen molar-refractivity contribution in [2.45, 2.75) is 39.0 Å². The molecule has 0 saturated heterocycles. The monoisotopic (exact) mass is 308 g/mol. The first kappa shape index (κ1) is 14.5. The van der Waals surface area contributed by atoms with Gasteiger partial charge < -0.3 is 10.1 Å². The molecule has 2 aliphatic carbocycles. The van der Waals surface area contributed by atoms with Crippen molar-refractivity contribution in [1.29, 1.82) is 0 Å². The largest absolute Gasteiger partial charge is 0.466 e. The lowest BCUT2D eigenvalue weighted by Gasteiger charge is -2.19. The van der Waals surface area contributed by atoms with Crippen LogP contribution in [0.5, 0.6) is 0 Å². The average molecular weight is 308 g/mol. The van der Waals surface area contributed by atoms with E-state index in [2.05, 4.69) is 10.3 Å². The molecule has 21 heavy (non-hydrogen) atoms. The molecule has 2 aliphatic rings. The average Bonchev–Trinajstić information content (AvgIpc) is 3.15. The fourth-order valence-corrected chi connectivity index (χ4v) is 4.28. The van der Waals surface area contributed by atoms with Crippen LogP contribution in [0.4, 0.5) is 5.13 Å². The van der Waals surface area contributed by atoms with Crippen molar-refractivity contribution in [2.24, 2.45) is 17.8 Å². The van der Waals surface area contributed by atoms with Crippen LogP contribution in [0.25, 0.3) is 0 Å². The molecule has 1 aromatic rings. The van der Waals surface area contributed by atoms with E-state index in [0.29, 0.717) is 23.4 Å². The Balaban J connectivity index is 1.54. The minimum absolute atomic E-state index is 0.0965.